The summed E-state index contributed by atoms with van der Waals surface area (Å²) in [6.45, 7) is 2.32. The Balaban J connectivity index is 1.54. The molecule has 1 amide bonds. The Morgan fingerprint density at radius 2 is 1.45 bits per heavy atom. The molecule has 0 aliphatic carbocycles. The van der Waals surface area contributed by atoms with Crippen LogP contribution in [0, 0.1) is 5.82 Å². The van der Waals surface area contributed by atoms with Gasteiger partial charge in [-0.3, -0.25) is 15.0 Å². The lowest BCUT2D eigenvalue weighted by Crippen LogP contribution is -2.27. The summed E-state index contributed by atoms with van der Waals surface area (Å²) in [4.78, 5) is 29.9. The van der Waals surface area contributed by atoms with E-state index in [9.17, 15) is 14.0 Å². The van der Waals surface area contributed by atoms with E-state index in [2.05, 4.69) is 21.1 Å². The molecule has 4 rings (SSSR count). The van der Waals surface area contributed by atoms with Crippen molar-refractivity contribution >= 4 is 46.3 Å². The second-order valence-corrected chi connectivity index (χ2v) is 9.55. The zero-order valence-electron chi connectivity index (χ0n) is 23.1. The van der Waals surface area contributed by atoms with Crippen LogP contribution in [0.3, 0.4) is 0 Å². The molecule has 0 saturated heterocycles. The summed E-state index contributed by atoms with van der Waals surface area (Å²) >= 11 is 0. The summed E-state index contributed by atoms with van der Waals surface area (Å²) < 4.78 is 16.7. The van der Waals surface area contributed by atoms with Gasteiger partial charge in [0.1, 0.15) is 11.4 Å². The van der Waals surface area contributed by atoms with Crippen LogP contribution in [0.1, 0.15) is 28.4 Å². The Morgan fingerprint density at radius 3 is 1.98 bits per heavy atom. The summed E-state index contributed by atoms with van der Waals surface area (Å²) in [6.07, 6.45) is 4.53. The van der Waals surface area contributed by atoms with Gasteiger partial charge in [0.25, 0.3) is 5.91 Å². The Morgan fingerprint density at radius 1 is 0.900 bits per heavy atom. The molecule has 1 heterocycles. The molecule has 0 aliphatic heterocycles. The van der Waals surface area contributed by atoms with Gasteiger partial charge in [0.2, 0.25) is 5.43 Å². The number of carbonyl (C=O) groups is 1. The first-order valence-corrected chi connectivity index (χ1v) is 12.7. The number of hydrazone groups is 2. The van der Waals surface area contributed by atoms with Crippen LogP contribution in [-0.4, -0.2) is 51.1 Å². The normalized spacial score (nSPS) is 11.3. The molecule has 3 aromatic carbocycles. The zero-order valence-corrected chi connectivity index (χ0v) is 23.1. The molecule has 2 N–H and O–H groups in total. The number of rotatable bonds is 9. The lowest BCUT2D eigenvalue weighted by atomic mass is 10.1. The Hall–Kier alpha value is -4.99. The second kappa shape index (κ2) is 12.2. The summed E-state index contributed by atoms with van der Waals surface area (Å²) in [5.41, 5.74) is 8.70. The molecule has 0 bridgehead atoms. The van der Waals surface area contributed by atoms with Gasteiger partial charge >= 0.3 is 0 Å². The fourth-order valence-electron chi connectivity index (χ4n) is 4.04. The molecule has 0 radical (unpaired) electrons. The number of fused-ring (bicyclic) bond motifs is 1. The minimum atomic E-state index is -0.678. The maximum absolute atomic E-state index is 15.0. The quantitative estimate of drug-likeness (QED) is 0.240. The average Bonchev–Trinajstić information content (AvgIpc) is 2.94. The van der Waals surface area contributed by atoms with Gasteiger partial charge < -0.3 is 14.4 Å². The molecule has 0 fully saturated rings. The lowest BCUT2D eigenvalue weighted by Gasteiger charge is -2.13. The van der Waals surface area contributed by atoms with Crippen molar-refractivity contribution in [2.75, 3.05) is 43.4 Å². The Labute approximate surface area is 232 Å². The van der Waals surface area contributed by atoms with Crippen molar-refractivity contribution in [3.8, 4) is 0 Å². The molecule has 40 heavy (non-hydrogen) atoms. The number of amides is 1. The van der Waals surface area contributed by atoms with Crippen molar-refractivity contribution in [1.82, 2.24) is 9.99 Å². The van der Waals surface area contributed by atoms with Crippen LogP contribution in [0.2, 0.25) is 0 Å². The standard InChI is InChI=1S/C30H32FN7O2/c1-6-38-19-25(30(40)35-33-18-21-9-13-23(14-10-21)37(4)5)29(39)24-15-26(31)27(16-28(24)38)34-32-17-20-7-11-22(12-8-20)36(2)3/h7-19,34H,6H2,1-5H3,(H,35,40)/b32-17+,33-18-. The van der Waals surface area contributed by atoms with Gasteiger partial charge in [-0.05, 0) is 54.4 Å². The first-order valence-electron chi connectivity index (χ1n) is 12.7. The molecule has 0 aliphatic rings. The van der Waals surface area contributed by atoms with E-state index in [1.54, 1.807) is 10.8 Å². The van der Waals surface area contributed by atoms with E-state index >= 15 is 0 Å². The first kappa shape index (κ1) is 28.0. The number of aromatic nitrogens is 1. The van der Waals surface area contributed by atoms with Gasteiger partial charge in [-0.25, -0.2) is 9.82 Å². The van der Waals surface area contributed by atoms with Gasteiger partial charge in [0.05, 0.1) is 23.6 Å². The molecule has 0 saturated carbocycles. The zero-order chi connectivity index (χ0) is 28.8. The van der Waals surface area contributed by atoms with E-state index < -0.39 is 17.2 Å². The summed E-state index contributed by atoms with van der Waals surface area (Å²) in [7, 11) is 7.80. The highest BCUT2D eigenvalue weighted by Crippen LogP contribution is 2.22. The summed E-state index contributed by atoms with van der Waals surface area (Å²) in [6, 6.07) is 18.0. The fourth-order valence-corrected chi connectivity index (χ4v) is 4.04. The van der Waals surface area contributed by atoms with Crippen LogP contribution < -0.4 is 26.1 Å². The molecule has 1 aromatic heterocycles. The molecular weight excluding hydrogens is 509 g/mol. The minimum Gasteiger partial charge on any atom is -0.378 e. The van der Waals surface area contributed by atoms with Gasteiger partial charge in [-0.1, -0.05) is 24.3 Å². The highest BCUT2D eigenvalue weighted by Gasteiger charge is 2.17. The fraction of sp³-hybridized carbons (Fsp3) is 0.200. The van der Waals surface area contributed by atoms with Crippen LogP contribution in [0.25, 0.3) is 10.9 Å². The third-order valence-corrected chi connectivity index (χ3v) is 6.35. The Bertz CT molecular complexity index is 1620. The third kappa shape index (κ3) is 6.35. The number of halogens is 1. The molecule has 10 heteroatoms. The molecule has 206 valence electrons. The second-order valence-electron chi connectivity index (χ2n) is 9.55. The number of hydrogen-bond acceptors (Lipinski definition) is 7. The Kier molecular flexibility index (Phi) is 8.58. The van der Waals surface area contributed by atoms with Crippen molar-refractivity contribution < 1.29 is 9.18 Å². The first-order chi connectivity index (χ1) is 19.2. The van der Waals surface area contributed by atoms with Crippen LogP contribution in [0.4, 0.5) is 21.5 Å². The van der Waals surface area contributed by atoms with Crippen molar-refractivity contribution in [2.24, 2.45) is 10.2 Å². The number of pyridine rings is 1. The van der Waals surface area contributed by atoms with Gasteiger partial charge in [-0.15, -0.1) is 0 Å². The minimum absolute atomic E-state index is 0.0871. The number of nitrogens with one attached hydrogen (secondary N) is 2. The summed E-state index contributed by atoms with van der Waals surface area (Å²) in [5, 5.41) is 8.22. The maximum Gasteiger partial charge on any atom is 0.276 e. The van der Waals surface area contributed by atoms with E-state index in [0.29, 0.717) is 12.1 Å². The van der Waals surface area contributed by atoms with Gasteiger partial charge in [0.15, 0.2) is 0 Å². The van der Waals surface area contributed by atoms with E-state index in [-0.39, 0.29) is 16.6 Å². The van der Waals surface area contributed by atoms with Crippen molar-refractivity contribution in [1.29, 1.82) is 0 Å². The smallest absolute Gasteiger partial charge is 0.276 e. The molecule has 4 aromatic rings. The van der Waals surface area contributed by atoms with E-state index in [1.807, 2.05) is 93.4 Å². The number of hydrogen-bond donors (Lipinski definition) is 2. The predicted molar refractivity (Wildman–Crippen MR) is 162 cm³/mol. The number of anilines is 3. The molecule has 0 spiro atoms. The lowest BCUT2D eigenvalue weighted by molar-refractivity contribution is 0.0953. The van der Waals surface area contributed by atoms with Gasteiger partial charge in [-0.2, -0.15) is 10.2 Å². The molecule has 0 atom stereocenters. The molecule has 9 nitrogen and oxygen atoms in total. The van der Waals surface area contributed by atoms with Crippen molar-refractivity contribution in [2.45, 2.75) is 13.5 Å². The van der Waals surface area contributed by atoms with Crippen LogP contribution >= 0.6 is 0 Å². The SMILES string of the molecule is CCn1cc(C(=O)N/N=C\c2ccc(N(C)C)cc2)c(=O)c2cc(F)c(N/N=C/c3ccc(N(C)C)cc3)cc21. The topological polar surface area (TPSA) is 94.3 Å². The van der Waals surface area contributed by atoms with Crippen LogP contribution in [0.15, 0.2) is 81.9 Å². The average molecular weight is 542 g/mol. The largest absolute Gasteiger partial charge is 0.378 e. The van der Waals surface area contributed by atoms with E-state index in [0.717, 1.165) is 28.6 Å². The monoisotopic (exact) mass is 541 g/mol. The van der Waals surface area contributed by atoms with Crippen molar-refractivity contribution in [3.05, 3.63) is 99.6 Å². The van der Waals surface area contributed by atoms with Gasteiger partial charge in [0, 0.05) is 57.7 Å². The number of nitrogens with zero attached hydrogens (tertiary/aromatic N) is 5. The maximum atomic E-state index is 15.0. The molecule has 0 unspecified atom stereocenters. The highest BCUT2D eigenvalue weighted by molar-refractivity contribution is 5.98. The predicted octanol–water partition coefficient (Wildman–Crippen LogP) is 4.50. The summed E-state index contributed by atoms with van der Waals surface area (Å²) in [5.74, 6) is -1.34. The van der Waals surface area contributed by atoms with E-state index in [1.165, 1.54) is 18.5 Å². The third-order valence-electron chi connectivity index (χ3n) is 6.35. The van der Waals surface area contributed by atoms with Crippen LogP contribution in [0.5, 0.6) is 0 Å². The van der Waals surface area contributed by atoms with Crippen molar-refractivity contribution in [3.63, 3.8) is 0 Å². The number of benzene rings is 3. The highest BCUT2D eigenvalue weighted by atomic mass is 19.1. The molecular formula is C30H32FN7O2. The number of aryl methyl sites for hydroxylation is 1. The number of carbonyl (C=O) groups excluding carboxylic acids is 1. The van der Waals surface area contributed by atoms with Crippen LogP contribution in [-0.2, 0) is 6.54 Å². The van der Waals surface area contributed by atoms with E-state index in [4.69, 9.17) is 0 Å².